The van der Waals surface area contributed by atoms with Crippen molar-refractivity contribution < 1.29 is 135 Å². The van der Waals surface area contributed by atoms with Gasteiger partial charge in [0.25, 0.3) is 11.5 Å². The predicted octanol–water partition coefficient (Wildman–Crippen LogP) is -4.58. The third-order valence-corrected chi connectivity index (χ3v) is 6.53. The topological polar surface area (TPSA) is 169 Å². The quantitative estimate of drug-likeness (QED) is 0.0707. The smallest absolute Gasteiger partial charge is 0.744 e. The zero-order valence-corrected chi connectivity index (χ0v) is 28.0. The van der Waals surface area contributed by atoms with Crippen molar-refractivity contribution in [3.8, 4) is 5.69 Å². The summed E-state index contributed by atoms with van der Waals surface area (Å²) in [6, 6.07) is 11.3. The molecule has 1 N–H and O–H groups in total. The van der Waals surface area contributed by atoms with Crippen LogP contribution in [0.4, 0.5) is 5.69 Å². The van der Waals surface area contributed by atoms with Crippen LogP contribution in [0.1, 0.15) is 18.2 Å². The number of hydrazone groups is 1. The number of benzene rings is 2. The van der Waals surface area contributed by atoms with E-state index in [1.807, 2.05) is 0 Å². The van der Waals surface area contributed by atoms with E-state index in [2.05, 4.69) is 19.6 Å². The van der Waals surface area contributed by atoms with Crippen molar-refractivity contribution in [3.05, 3.63) is 75.7 Å². The minimum atomic E-state index is -4.62. The second kappa shape index (κ2) is 13.9. The molecule has 0 spiro atoms. The Balaban J connectivity index is 0.00000241. The molecule has 37 heavy (non-hydrogen) atoms. The summed E-state index contributed by atoms with van der Waals surface area (Å²) in [5.74, 6) is -0.446. The normalized spacial score (nSPS) is 14.4. The monoisotopic (exact) mass is 594 g/mol. The summed E-state index contributed by atoms with van der Waals surface area (Å²) < 4.78 is 38.8. The molecular formula is C21H16K2N4O8S2. The van der Waals surface area contributed by atoms with E-state index in [0.29, 0.717) is 39.7 Å². The first kappa shape index (κ1) is 33.0. The Hall–Kier alpha value is -0.257. The molecule has 1 aliphatic rings. The van der Waals surface area contributed by atoms with E-state index in [0.717, 1.165) is 12.1 Å². The van der Waals surface area contributed by atoms with Crippen LogP contribution in [-0.4, -0.2) is 34.4 Å². The van der Waals surface area contributed by atoms with E-state index in [1.165, 1.54) is 27.9 Å². The zero-order chi connectivity index (χ0) is 25.3. The molecule has 2 aromatic carbocycles. The first-order valence-electron chi connectivity index (χ1n) is 9.83. The minimum Gasteiger partial charge on any atom is -0.744 e. The number of nitrogens with one attached hydrogen (secondary N) is 1. The Labute approximate surface area is 300 Å². The van der Waals surface area contributed by atoms with Crippen molar-refractivity contribution >= 4 is 45.5 Å². The Bertz CT molecular complexity index is 1520. The maximum absolute atomic E-state index is 13.1. The summed E-state index contributed by atoms with van der Waals surface area (Å²) in [4.78, 5) is 26.3. The maximum atomic E-state index is 13.1. The van der Waals surface area contributed by atoms with Gasteiger partial charge in [-0.05, 0) is 68.5 Å². The number of amides is 1. The van der Waals surface area contributed by atoms with Crippen LogP contribution in [0.3, 0.4) is 0 Å². The van der Waals surface area contributed by atoms with Crippen molar-refractivity contribution in [2.45, 2.75) is 23.6 Å². The maximum Gasteiger partial charge on any atom is 1.00 e. The Morgan fingerprint density at radius 1 is 1.00 bits per heavy atom. The van der Waals surface area contributed by atoms with Crippen molar-refractivity contribution in [2.75, 3.05) is 5.01 Å². The third-order valence-electron chi connectivity index (χ3n) is 5.09. The first-order chi connectivity index (χ1) is 16.6. The standard InChI is InChI=1S/C21H18N4O8S2.2K/c1-12-18(20(26)24(22-12)14-3-7-16(8-4-14)34-33-32-28)11-19-13(2)23-25(21(19)27)15-5-9-17(10-6-15)35(29,30)31;;/h3-11,23,28H,1-2H3,(H,29,30,31);;/q;2*+1/p-2/b18-11+;;. The molecule has 0 atom stereocenters. The molecule has 182 valence electrons. The Morgan fingerprint density at radius 3 is 2.16 bits per heavy atom. The van der Waals surface area contributed by atoms with E-state index in [4.69, 9.17) is 0 Å². The number of aromatic amines is 1. The summed E-state index contributed by atoms with van der Waals surface area (Å²) >= 11 is 0.710. The van der Waals surface area contributed by atoms with Crippen LogP contribution in [0.5, 0.6) is 0 Å². The second-order valence-corrected chi connectivity index (χ2v) is 9.47. The molecule has 0 unspecified atom stereocenters. The number of carbonyl (C=O) groups is 1. The molecule has 1 aliphatic heterocycles. The fraction of sp³-hybridized carbons (Fsp3) is 0.0952. The molecule has 0 radical (unpaired) electrons. The molecule has 4 rings (SSSR count). The molecule has 16 heteroatoms. The van der Waals surface area contributed by atoms with Crippen LogP contribution < -0.4 is 119 Å². The van der Waals surface area contributed by atoms with E-state index >= 15 is 0 Å². The van der Waals surface area contributed by atoms with E-state index in [9.17, 15) is 27.8 Å². The molecular weight excluding hydrogens is 579 g/mol. The molecule has 2 heterocycles. The Kier molecular flexibility index (Phi) is 12.4. The molecule has 3 aromatic rings. The molecule has 0 saturated heterocycles. The van der Waals surface area contributed by atoms with Gasteiger partial charge in [-0.2, -0.15) is 14.4 Å². The van der Waals surface area contributed by atoms with Gasteiger partial charge in [0.2, 0.25) is 0 Å². The number of hydrogen-bond acceptors (Lipinski definition) is 10. The summed E-state index contributed by atoms with van der Waals surface area (Å²) in [6.45, 7) is 3.28. The van der Waals surface area contributed by atoms with Gasteiger partial charge in [0.05, 0.1) is 45.2 Å². The summed E-state index contributed by atoms with van der Waals surface area (Å²) in [5.41, 5.74) is 1.58. The van der Waals surface area contributed by atoms with E-state index in [-0.39, 0.29) is 114 Å². The molecule has 12 nitrogen and oxygen atoms in total. The van der Waals surface area contributed by atoms with Crippen LogP contribution in [-0.2, 0) is 24.3 Å². The molecule has 0 bridgehead atoms. The van der Waals surface area contributed by atoms with Gasteiger partial charge >= 0.3 is 103 Å². The van der Waals surface area contributed by atoms with Gasteiger partial charge in [-0.25, -0.2) is 13.1 Å². The Morgan fingerprint density at radius 2 is 1.59 bits per heavy atom. The van der Waals surface area contributed by atoms with Gasteiger partial charge in [0.15, 0.2) is 0 Å². The fourth-order valence-electron chi connectivity index (χ4n) is 3.37. The number of rotatable bonds is 7. The van der Waals surface area contributed by atoms with Crippen molar-refractivity contribution in [1.82, 2.24) is 9.78 Å². The molecule has 0 fully saturated rings. The number of aryl methyl sites for hydroxylation is 1. The predicted molar refractivity (Wildman–Crippen MR) is 122 cm³/mol. The number of aromatic nitrogens is 2. The number of hydrogen-bond donors (Lipinski definition) is 1. The van der Waals surface area contributed by atoms with E-state index in [1.54, 1.807) is 38.1 Å². The summed E-state index contributed by atoms with van der Waals surface area (Å²) in [7, 11) is -4.62. The van der Waals surface area contributed by atoms with Crippen molar-refractivity contribution in [3.63, 3.8) is 0 Å². The minimum absolute atomic E-state index is 0. The molecule has 0 aliphatic carbocycles. The summed E-state index contributed by atoms with van der Waals surface area (Å²) in [5, 5.41) is 21.6. The fourth-order valence-corrected chi connectivity index (χ4v) is 4.20. The van der Waals surface area contributed by atoms with Crippen LogP contribution in [0.25, 0.3) is 11.8 Å². The van der Waals surface area contributed by atoms with Crippen LogP contribution >= 0.6 is 12.0 Å². The first-order valence-corrected chi connectivity index (χ1v) is 12.0. The molecule has 0 saturated carbocycles. The molecule has 1 aromatic heterocycles. The van der Waals surface area contributed by atoms with E-state index < -0.39 is 26.5 Å². The van der Waals surface area contributed by atoms with Gasteiger partial charge in [-0.3, -0.25) is 19.7 Å². The molecule has 1 amide bonds. The van der Waals surface area contributed by atoms with Crippen LogP contribution in [0.2, 0.25) is 0 Å². The van der Waals surface area contributed by atoms with Gasteiger partial charge in [0.1, 0.15) is 10.1 Å². The number of nitrogens with zero attached hydrogens (tertiary/aromatic N) is 3. The largest absolute Gasteiger partial charge is 1.00 e. The van der Waals surface area contributed by atoms with Gasteiger partial charge in [-0.1, -0.05) is 0 Å². The van der Waals surface area contributed by atoms with Crippen molar-refractivity contribution in [2.24, 2.45) is 5.10 Å². The van der Waals surface area contributed by atoms with Crippen LogP contribution in [0, 0.1) is 6.92 Å². The summed E-state index contributed by atoms with van der Waals surface area (Å²) in [6.07, 6.45) is 1.44. The van der Waals surface area contributed by atoms with Crippen LogP contribution in [0.15, 0.2) is 73.8 Å². The third kappa shape index (κ3) is 7.48. The SMILES string of the molecule is CC1=NN(c2ccc(SOO[O-])cc2)C(=O)/C1=C/c1c(C)[nH]n(-c2ccc(S(=O)(=O)[O-])cc2)c1=O.[K+].[K+]. The number of carbonyl (C=O) groups excluding carboxylic acids is 1. The second-order valence-electron chi connectivity index (χ2n) is 7.31. The van der Waals surface area contributed by atoms with Gasteiger partial charge in [-0.15, -0.1) is 0 Å². The average Bonchev–Trinajstić information content (AvgIpc) is 3.27. The number of H-pyrrole nitrogens is 1. The van der Waals surface area contributed by atoms with Crippen molar-refractivity contribution in [1.29, 1.82) is 0 Å². The average molecular weight is 595 g/mol. The van der Waals surface area contributed by atoms with Gasteiger partial charge in [0, 0.05) is 10.6 Å². The van der Waals surface area contributed by atoms with Gasteiger partial charge < -0.3 is 9.81 Å². The number of anilines is 1. The zero-order valence-electron chi connectivity index (χ0n) is 20.1.